The van der Waals surface area contributed by atoms with E-state index in [1.165, 1.54) is 0 Å². The fourth-order valence-corrected chi connectivity index (χ4v) is 1.52. The molecular formula is C10H21ClN2O. The van der Waals surface area contributed by atoms with Crippen molar-refractivity contribution in [3.63, 3.8) is 0 Å². The first-order chi connectivity index (χ1) is 6.20. The summed E-state index contributed by atoms with van der Waals surface area (Å²) in [4.78, 5) is 11.6. The van der Waals surface area contributed by atoms with Gasteiger partial charge in [-0.3, -0.25) is 4.79 Å². The predicted molar refractivity (Wildman–Crippen MR) is 60.7 cm³/mol. The van der Waals surface area contributed by atoms with Crippen molar-refractivity contribution in [2.45, 2.75) is 26.7 Å². The maximum Gasteiger partial charge on any atom is 0.224 e. The van der Waals surface area contributed by atoms with Crippen molar-refractivity contribution < 1.29 is 4.79 Å². The van der Waals surface area contributed by atoms with Crippen molar-refractivity contribution in [1.82, 2.24) is 10.6 Å². The Kier molecular flexibility index (Phi) is 6.93. The van der Waals surface area contributed by atoms with E-state index in [9.17, 15) is 4.79 Å². The Labute approximate surface area is 92.4 Å². The second kappa shape index (κ2) is 7.07. The quantitative estimate of drug-likeness (QED) is 0.750. The van der Waals surface area contributed by atoms with Crippen molar-refractivity contribution in [2.75, 3.05) is 19.6 Å². The molecule has 14 heavy (non-hydrogen) atoms. The van der Waals surface area contributed by atoms with Gasteiger partial charge in [0.25, 0.3) is 0 Å². The molecule has 1 rings (SSSR count). The lowest BCUT2D eigenvalue weighted by molar-refractivity contribution is -0.125. The Hall–Kier alpha value is -0.280. The summed E-state index contributed by atoms with van der Waals surface area (Å²) in [5.41, 5.74) is 0. The number of piperidine rings is 1. The summed E-state index contributed by atoms with van der Waals surface area (Å²) in [6, 6.07) is 0. The molecule has 1 fully saturated rings. The Balaban J connectivity index is 0.00000169. The second-order valence-corrected chi connectivity index (χ2v) is 4.18. The molecule has 3 nitrogen and oxygen atoms in total. The molecular weight excluding hydrogens is 200 g/mol. The lowest BCUT2D eigenvalue weighted by Crippen LogP contribution is -2.41. The molecule has 0 aromatic rings. The number of amides is 1. The zero-order valence-corrected chi connectivity index (χ0v) is 9.82. The minimum Gasteiger partial charge on any atom is -0.356 e. The highest BCUT2D eigenvalue weighted by atomic mass is 35.5. The summed E-state index contributed by atoms with van der Waals surface area (Å²) in [5.74, 6) is 0.967. The fraction of sp³-hybridized carbons (Fsp3) is 0.900. The zero-order valence-electron chi connectivity index (χ0n) is 9.01. The molecule has 0 spiro atoms. The first-order valence-corrected chi connectivity index (χ1v) is 5.18. The average molecular weight is 221 g/mol. The van der Waals surface area contributed by atoms with Crippen LogP contribution in [0.3, 0.4) is 0 Å². The molecule has 0 saturated carbocycles. The van der Waals surface area contributed by atoms with Crippen LogP contribution in [0.4, 0.5) is 0 Å². The lowest BCUT2D eigenvalue weighted by Gasteiger charge is -2.22. The lowest BCUT2D eigenvalue weighted by atomic mass is 9.99. The summed E-state index contributed by atoms with van der Waals surface area (Å²) >= 11 is 0. The monoisotopic (exact) mass is 220 g/mol. The number of nitrogens with one attached hydrogen (secondary N) is 2. The summed E-state index contributed by atoms with van der Waals surface area (Å²) < 4.78 is 0. The Morgan fingerprint density at radius 2 is 2.29 bits per heavy atom. The third kappa shape index (κ3) is 4.82. The largest absolute Gasteiger partial charge is 0.356 e. The van der Waals surface area contributed by atoms with Crippen LogP contribution in [-0.4, -0.2) is 25.5 Å². The molecule has 0 bridgehead atoms. The van der Waals surface area contributed by atoms with E-state index < -0.39 is 0 Å². The van der Waals surface area contributed by atoms with Crippen LogP contribution in [-0.2, 0) is 4.79 Å². The molecule has 1 aliphatic rings. The number of hydrogen-bond donors (Lipinski definition) is 2. The molecule has 4 heteroatoms. The van der Waals surface area contributed by atoms with Crippen LogP contribution >= 0.6 is 12.4 Å². The summed E-state index contributed by atoms with van der Waals surface area (Å²) in [5, 5.41) is 6.22. The van der Waals surface area contributed by atoms with Crippen LogP contribution in [0, 0.1) is 11.8 Å². The van der Waals surface area contributed by atoms with E-state index in [2.05, 4.69) is 24.5 Å². The van der Waals surface area contributed by atoms with Gasteiger partial charge in [-0.15, -0.1) is 12.4 Å². The van der Waals surface area contributed by atoms with Gasteiger partial charge in [-0.2, -0.15) is 0 Å². The van der Waals surface area contributed by atoms with Gasteiger partial charge in [-0.1, -0.05) is 13.8 Å². The second-order valence-electron chi connectivity index (χ2n) is 4.18. The summed E-state index contributed by atoms with van der Waals surface area (Å²) in [7, 11) is 0. The maximum atomic E-state index is 11.6. The standard InChI is InChI=1S/C10H20N2O.ClH/c1-8(2)6-12-10(13)9-4-3-5-11-7-9;/h8-9,11H,3-7H2,1-2H3,(H,12,13);1H. The van der Waals surface area contributed by atoms with Crippen molar-refractivity contribution in [3.8, 4) is 0 Å². The minimum atomic E-state index is 0. The molecule has 1 saturated heterocycles. The van der Waals surface area contributed by atoms with Crippen LogP contribution in [0.5, 0.6) is 0 Å². The first-order valence-electron chi connectivity index (χ1n) is 5.18. The van der Waals surface area contributed by atoms with Crippen molar-refractivity contribution >= 4 is 18.3 Å². The van der Waals surface area contributed by atoms with Gasteiger partial charge in [-0.05, 0) is 25.3 Å². The highest BCUT2D eigenvalue weighted by molar-refractivity contribution is 5.85. The van der Waals surface area contributed by atoms with E-state index in [0.717, 1.165) is 32.5 Å². The van der Waals surface area contributed by atoms with Crippen LogP contribution < -0.4 is 10.6 Å². The number of carbonyl (C=O) groups excluding carboxylic acids is 1. The maximum absolute atomic E-state index is 11.6. The zero-order chi connectivity index (χ0) is 9.68. The molecule has 1 amide bonds. The SMILES string of the molecule is CC(C)CNC(=O)C1CCCNC1.Cl. The van der Waals surface area contributed by atoms with Crippen molar-refractivity contribution in [2.24, 2.45) is 11.8 Å². The van der Waals surface area contributed by atoms with Gasteiger partial charge in [-0.25, -0.2) is 0 Å². The van der Waals surface area contributed by atoms with Crippen LogP contribution in [0.2, 0.25) is 0 Å². The number of rotatable bonds is 3. The Bertz CT molecular complexity index is 168. The van der Waals surface area contributed by atoms with Gasteiger partial charge < -0.3 is 10.6 Å². The average Bonchev–Trinajstić information content (AvgIpc) is 2.15. The minimum absolute atomic E-state index is 0. The van der Waals surface area contributed by atoms with Gasteiger partial charge in [0.2, 0.25) is 5.91 Å². The van der Waals surface area contributed by atoms with E-state index in [0.29, 0.717) is 5.92 Å². The van der Waals surface area contributed by atoms with E-state index in [1.54, 1.807) is 0 Å². The van der Waals surface area contributed by atoms with E-state index in [4.69, 9.17) is 0 Å². The van der Waals surface area contributed by atoms with Gasteiger partial charge in [0.15, 0.2) is 0 Å². The number of hydrogen-bond acceptors (Lipinski definition) is 2. The fourth-order valence-electron chi connectivity index (χ4n) is 1.52. The molecule has 0 aromatic heterocycles. The first kappa shape index (κ1) is 13.7. The van der Waals surface area contributed by atoms with Crippen molar-refractivity contribution in [1.29, 1.82) is 0 Å². The molecule has 2 N–H and O–H groups in total. The predicted octanol–water partition coefficient (Wildman–Crippen LogP) is 1.18. The number of halogens is 1. The van der Waals surface area contributed by atoms with Gasteiger partial charge in [0, 0.05) is 13.1 Å². The molecule has 0 aromatic carbocycles. The summed E-state index contributed by atoms with van der Waals surface area (Å²) in [6.45, 7) is 6.94. The Morgan fingerprint density at radius 3 is 2.79 bits per heavy atom. The van der Waals surface area contributed by atoms with Crippen LogP contribution in [0.15, 0.2) is 0 Å². The van der Waals surface area contributed by atoms with Gasteiger partial charge in [0.1, 0.15) is 0 Å². The molecule has 1 heterocycles. The summed E-state index contributed by atoms with van der Waals surface area (Å²) in [6.07, 6.45) is 2.16. The highest BCUT2D eigenvalue weighted by Gasteiger charge is 2.20. The van der Waals surface area contributed by atoms with Gasteiger partial charge >= 0.3 is 0 Å². The van der Waals surface area contributed by atoms with Crippen LogP contribution in [0.1, 0.15) is 26.7 Å². The van der Waals surface area contributed by atoms with Gasteiger partial charge in [0.05, 0.1) is 5.92 Å². The highest BCUT2D eigenvalue weighted by Crippen LogP contribution is 2.09. The molecule has 1 atom stereocenters. The molecule has 0 radical (unpaired) electrons. The number of carbonyl (C=O) groups is 1. The Morgan fingerprint density at radius 1 is 1.57 bits per heavy atom. The van der Waals surface area contributed by atoms with E-state index in [1.807, 2.05) is 0 Å². The normalized spacial score (nSPS) is 21.5. The third-order valence-electron chi connectivity index (χ3n) is 2.35. The molecule has 1 unspecified atom stereocenters. The topological polar surface area (TPSA) is 41.1 Å². The van der Waals surface area contributed by atoms with E-state index in [-0.39, 0.29) is 24.2 Å². The van der Waals surface area contributed by atoms with Crippen LogP contribution in [0.25, 0.3) is 0 Å². The molecule has 1 aliphatic heterocycles. The van der Waals surface area contributed by atoms with Crippen molar-refractivity contribution in [3.05, 3.63) is 0 Å². The third-order valence-corrected chi connectivity index (χ3v) is 2.35. The molecule has 0 aliphatic carbocycles. The van der Waals surface area contributed by atoms with E-state index >= 15 is 0 Å². The smallest absolute Gasteiger partial charge is 0.224 e. The molecule has 84 valence electrons.